The minimum Gasteiger partial charge on any atom is -0.488 e. The second-order valence-corrected chi connectivity index (χ2v) is 10.5. The number of alkyl halides is 3. The van der Waals surface area contributed by atoms with Crippen molar-refractivity contribution in [1.29, 1.82) is 5.26 Å². The lowest BCUT2D eigenvalue weighted by atomic mass is 10.1. The molecule has 1 saturated heterocycles. The third kappa shape index (κ3) is 5.78. The normalized spacial score (nSPS) is 17.3. The first-order chi connectivity index (χ1) is 16.2. The molecule has 0 aliphatic carbocycles. The highest BCUT2D eigenvalue weighted by Crippen LogP contribution is 2.39. The Morgan fingerprint density at radius 2 is 2.06 bits per heavy atom. The Morgan fingerprint density at radius 1 is 1.24 bits per heavy atom. The zero-order valence-corrected chi connectivity index (χ0v) is 19.9. The second kappa shape index (κ2) is 10.2. The van der Waals surface area contributed by atoms with Gasteiger partial charge in [-0.05, 0) is 54.9 Å². The molecule has 5 nitrogen and oxygen atoms in total. The van der Waals surface area contributed by atoms with E-state index in [0.29, 0.717) is 23.6 Å². The average molecular weight is 506 g/mol. The second-order valence-electron chi connectivity index (χ2n) is 8.02. The molecule has 2 aromatic carbocycles. The van der Waals surface area contributed by atoms with Gasteiger partial charge in [-0.1, -0.05) is 18.2 Å². The molecule has 2 atom stereocenters. The maximum absolute atomic E-state index is 13.5. The third-order valence-electron chi connectivity index (χ3n) is 5.40. The molecule has 1 aliphatic heterocycles. The van der Waals surface area contributed by atoms with Crippen molar-refractivity contribution in [2.24, 2.45) is 0 Å². The minimum absolute atomic E-state index is 0.268. The predicted molar refractivity (Wildman–Crippen MR) is 127 cm³/mol. The Labute approximate surface area is 202 Å². The van der Waals surface area contributed by atoms with E-state index >= 15 is 0 Å². The quantitative estimate of drug-likeness (QED) is 0.446. The van der Waals surface area contributed by atoms with E-state index in [0.717, 1.165) is 28.6 Å². The zero-order chi connectivity index (χ0) is 24.3. The van der Waals surface area contributed by atoms with Gasteiger partial charge < -0.3 is 14.4 Å². The van der Waals surface area contributed by atoms with Crippen LogP contribution in [0.2, 0.25) is 0 Å². The number of ether oxygens (including phenoxy) is 1. The van der Waals surface area contributed by atoms with E-state index in [1.807, 2.05) is 42.3 Å². The van der Waals surface area contributed by atoms with Gasteiger partial charge >= 0.3 is 6.18 Å². The molecule has 1 N–H and O–H groups in total. The molecule has 0 radical (unpaired) electrons. The Balaban J connectivity index is 1.52. The van der Waals surface area contributed by atoms with Crippen LogP contribution in [0, 0.1) is 11.3 Å². The summed E-state index contributed by atoms with van der Waals surface area (Å²) in [6.45, 7) is 1.31. The number of nitriles is 1. The topological polar surface area (TPSA) is 65.4 Å². The number of nitrogens with zero attached hydrogens (tertiary/aromatic N) is 2. The number of thiophene rings is 1. The molecule has 0 saturated carbocycles. The lowest BCUT2D eigenvalue weighted by molar-refractivity contribution is -0.139. The van der Waals surface area contributed by atoms with Crippen molar-refractivity contribution in [3.8, 4) is 22.3 Å². The number of halogens is 3. The van der Waals surface area contributed by atoms with Gasteiger partial charge in [-0.3, -0.25) is 0 Å². The van der Waals surface area contributed by atoms with E-state index in [1.54, 1.807) is 6.07 Å². The molecule has 4 rings (SSSR count). The Kier molecular flexibility index (Phi) is 7.26. The predicted octanol–water partition coefficient (Wildman–Crippen LogP) is 5.72. The summed E-state index contributed by atoms with van der Waals surface area (Å²) in [5.41, 5.74) is 1.22. The van der Waals surface area contributed by atoms with Gasteiger partial charge in [0.1, 0.15) is 16.1 Å². The average Bonchev–Trinajstić information content (AvgIpc) is 3.43. The van der Waals surface area contributed by atoms with Crippen molar-refractivity contribution < 1.29 is 22.1 Å². The van der Waals surface area contributed by atoms with Crippen LogP contribution < -0.4 is 9.46 Å². The number of likely N-dealkylation sites (tertiary alicyclic amines) is 1. The van der Waals surface area contributed by atoms with Gasteiger partial charge in [-0.2, -0.15) is 18.4 Å². The molecule has 2 heterocycles. The number of hydrogen-bond acceptors (Lipinski definition) is 5. The number of rotatable bonds is 7. The van der Waals surface area contributed by atoms with Crippen LogP contribution in [-0.2, 0) is 23.6 Å². The number of anilines is 1. The summed E-state index contributed by atoms with van der Waals surface area (Å²) in [5.74, 6) is -0.268. The van der Waals surface area contributed by atoms with E-state index in [-0.39, 0.29) is 17.5 Å². The molecule has 1 aliphatic rings. The Hall–Kier alpha value is -2.87. The number of benzene rings is 2. The van der Waals surface area contributed by atoms with Crippen LogP contribution in [0.1, 0.15) is 17.5 Å². The first kappa shape index (κ1) is 24.3. The molecule has 0 spiro atoms. The van der Waals surface area contributed by atoms with Crippen molar-refractivity contribution in [3.63, 3.8) is 0 Å². The van der Waals surface area contributed by atoms with Crippen molar-refractivity contribution in [2.75, 3.05) is 24.9 Å². The summed E-state index contributed by atoms with van der Waals surface area (Å²) in [6.07, 6.45) is -3.94. The van der Waals surface area contributed by atoms with Gasteiger partial charge in [0, 0.05) is 24.0 Å². The molecule has 1 fully saturated rings. The van der Waals surface area contributed by atoms with Gasteiger partial charge in [0.15, 0.2) is 11.0 Å². The molecular formula is C24H22F3N3O2S2. The number of likely N-dealkylation sites (N-methyl/N-ethyl adjacent to an activating group) is 1. The monoisotopic (exact) mass is 505 g/mol. The van der Waals surface area contributed by atoms with Crippen LogP contribution in [0.3, 0.4) is 0 Å². The van der Waals surface area contributed by atoms with Crippen molar-refractivity contribution >= 4 is 28.0 Å². The van der Waals surface area contributed by atoms with Crippen LogP contribution in [0.25, 0.3) is 10.4 Å². The molecule has 178 valence electrons. The first-order valence-electron chi connectivity index (χ1n) is 10.5. The largest absolute Gasteiger partial charge is 0.488 e. The van der Waals surface area contributed by atoms with E-state index in [2.05, 4.69) is 10.8 Å². The fourth-order valence-corrected chi connectivity index (χ4v) is 5.81. The summed E-state index contributed by atoms with van der Waals surface area (Å²) < 4.78 is 62.5. The van der Waals surface area contributed by atoms with E-state index < -0.39 is 22.7 Å². The van der Waals surface area contributed by atoms with E-state index in [4.69, 9.17) is 10.00 Å². The number of nitrogens with one attached hydrogen (secondary N) is 1. The van der Waals surface area contributed by atoms with Crippen LogP contribution in [0.4, 0.5) is 18.9 Å². The minimum atomic E-state index is -4.56. The summed E-state index contributed by atoms with van der Waals surface area (Å²) >= 11 is 1.32. The summed E-state index contributed by atoms with van der Waals surface area (Å²) in [6, 6.07) is 16.7. The highest BCUT2D eigenvalue weighted by Gasteiger charge is 2.35. The zero-order valence-electron chi connectivity index (χ0n) is 18.3. The van der Waals surface area contributed by atoms with Gasteiger partial charge in [0.25, 0.3) is 0 Å². The SMILES string of the molecule is CN1CC[C@@H](Oc2cc(NS(=O)c3ccc(-c4cccc(CC#N)c4)s3)ccc2C(F)(F)F)C1. The maximum atomic E-state index is 13.5. The number of hydrogen-bond donors (Lipinski definition) is 1. The van der Waals surface area contributed by atoms with Gasteiger partial charge in [-0.15, -0.1) is 11.3 Å². The van der Waals surface area contributed by atoms with Crippen LogP contribution in [0.15, 0.2) is 58.8 Å². The van der Waals surface area contributed by atoms with E-state index in [1.165, 1.54) is 23.5 Å². The Morgan fingerprint density at radius 3 is 2.76 bits per heavy atom. The molecule has 1 aromatic heterocycles. The van der Waals surface area contributed by atoms with Crippen LogP contribution >= 0.6 is 11.3 Å². The van der Waals surface area contributed by atoms with Crippen LogP contribution in [-0.4, -0.2) is 35.3 Å². The smallest absolute Gasteiger partial charge is 0.419 e. The molecule has 34 heavy (non-hydrogen) atoms. The Bertz CT molecular complexity index is 1240. The van der Waals surface area contributed by atoms with Crippen molar-refractivity contribution in [2.45, 2.75) is 29.3 Å². The summed E-state index contributed by atoms with van der Waals surface area (Å²) in [4.78, 5) is 2.88. The highest BCUT2D eigenvalue weighted by atomic mass is 32.2. The molecule has 3 aromatic rings. The third-order valence-corrected chi connectivity index (χ3v) is 7.95. The molecule has 0 amide bonds. The molecular weight excluding hydrogens is 483 g/mol. The fraction of sp³-hybridized carbons (Fsp3) is 0.292. The van der Waals surface area contributed by atoms with Crippen molar-refractivity contribution in [1.82, 2.24) is 4.90 Å². The maximum Gasteiger partial charge on any atom is 0.419 e. The van der Waals surface area contributed by atoms with Crippen LogP contribution in [0.5, 0.6) is 5.75 Å². The van der Waals surface area contributed by atoms with Crippen molar-refractivity contribution in [3.05, 3.63) is 65.7 Å². The first-order valence-corrected chi connectivity index (χ1v) is 12.5. The fourth-order valence-electron chi connectivity index (χ4n) is 3.75. The summed E-state index contributed by atoms with van der Waals surface area (Å²) in [7, 11) is 0.222. The highest BCUT2D eigenvalue weighted by molar-refractivity contribution is 7.88. The molecule has 10 heteroatoms. The van der Waals surface area contributed by atoms with Gasteiger partial charge in [0.05, 0.1) is 23.7 Å². The van der Waals surface area contributed by atoms with E-state index in [9.17, 15) is 17.4 Å². The standard InChI is InChI=1S/C24H22F3N3O2S2/c1-30-12-10-19(15-30)32-21-14-18(5-6-20(21)24(25,26)27)29-34(31)23-8-7-22(33-23)17-4-2-3-16(13-17)9-11-28/h2-8,13-14,19,29H,9-10,12,15H2,1H3/t19-,34?/m1/s1. The lowest BCUT2D eigenvalue weighted by Gasteiger charge is -2.19. The lowest BCUT2D eigenvalue weighted by Crippen LogP contribution is -2.23. The molecule has 1 unspecified atom stereocenters. The summed E-state index contributed by atoms with van der Waals surface area (Å²) in [5, 5.41) is 8.90. The molecule has 0 bridgehead atoms. The van der Waals surface area contributed by atoms with Gasteiger partial charge in [-0.25, -0.2) is 4.21 Å². The van der Waals surface area contributed by atoms with Gasteiger partial charge in [0.2, 0.25) is 0 Å².